The maximum absolute atomic E-state index is 12.2. The monoisotopic (exact) mass is 298 g/mol. The number of carboxylic acids is 1. The van der Waals surface area contributed by atoms with Gasteiger partial charge in [0.15, 0.2) is 0 Å². The van der Waals surface area contributed by atoms with Crippen molar-refractivity contribution < 1.29 is 14.7 Å². The number of carbonyl (C=O) groups is 2. The van der Waals surface area contributed by atoms with Gasteiger partial charge in [0.2, 0.25) is 0 Å². The summed E-state index contributed by atoms with van der Waals surface area (Å²) in [4.78, 5) is 26.7. The average Bonchev–Trinajstić information content (AvgIpc) is 2.70. The van der Waals surface area contributed by atoms with Gasteiger partial charge < -0.3 is 15.3 Å². The van der Waals surface area contributed by atoms with Crippen molar-refractivity contribution in [2.24, 2.45) is 0 Å². The van der Waals surface area contributed by atoms with Crippen molar-refractivity contribution in [3.05, 3.63) is 21.9 Å². The number of carbonyl (C=O) groups excluding carboxylic acids is 1. The number of amides is 2. The topological polar surface area (TPSA) is 69.6 Å². The van der Waals surface area contributed by atoms with E-state index in [2.05, 4.69) is 5.32 Å². The van der Waals surface area contributed by atoms with Crippen molar-refractivity contribution in [1.82, 2.24) is 10.2 Å². The van der Waals surface area contributed by atoms with E-state index in [1.165, 1.54) is 4.88 Å². The summed E-state index contributed by atoms with van der Waals surface area (Å²) in [5.41, 5.74) is -0.412. The molecule has 0 atom stereocenters. The molecule has 1 rings (SSSR count). The lowest BCUT2D eigenvalue weighted by molar-refractivity contribution is -0.137. The zero-order valence-corrected chi connectivity index (χ0v) is 13.2. The fourth-order valence-electron chi connectivity index (χ4n) is 1.79. The summed E-state index contributed by atoms with van der Waals surface area (Å²) in [7, 11) is 0. The van der Waals surface area contributed by atoms with Gasteiger partial charge in [-0.2, -0.15) is 0 Å². The van der Waals surface area contributed by atoms with Gasteiger partial charge in [-0.3, -0.25) is 4.79 Å². The first kappa shape index (κ1) is 16.5. The van der Waals surface area contributed by atoms with Gasteiger partial charge >= 0.3 is 12.0 Å². The van der Waals surface area contributed by atoms with Crippen LogP contribution in [0.3, 0.4) is 0 Å². The van der Waals surface area contributed by atoms with Gasteiger partial charge in [-0.15, -0.1) is 11.3 Å². The van der Waals surface area contributed by atoms with Crippen LogP contribution < -0.4 is 5.32 Å². The first-order valence-corrected chi connectivity index (χ1v) is 7.34. The summed E-state index contributed by atoms with van der Waals surface area (Å²) >= 11 is 1.64. The molecule has 2 amide bonds. The molecule has 0 aliphatic rings. The molecule has 1 heterocycles. The number of rotatable bonds is 5. The smallest absolute Gasteiger partial charge is 0.318 e. The molecule has 0 saturated heterocycles. The lowest BCUT2D eigenvalue weighted by Crippen LogP contribution is -2.50. The Hall–Kier alpha value is -1.56. The number of thiophene rings is 1. The Morgan fingerprint density at radius 2 is 2.00 bits per heavy atom. The van der Waals surface area contributed by atoms with Crippen molar-refractivity contribution in [2.45, 2.75) is 46.2 Å². The number of aryl methyl sites for hydroxylation is 1. The van der Waals surface area contributed by atoms with Crippen LogP contribution in [0.1, 0.15) is 36.9 Å². The van der Waals surface area contributed by atoms with Crippen LogP contribution in [0, 0.1) is 6.92 Å². The lowest BCUT2D eigenvalue weighted by Gasteiger charge is -2.35. The summed E-state index contributed by atoms with van der Waals surface area (Å²) in [5, 5.41) is 11.6. The molecule has 0 aliphatic carbocycles. The van der Waals surface area contributed by atoms with Crippen LogP contribution in [-0.4, -0.2) is 34.1 Å². The number of nitrogens with one attached hydrogen (secondary N) is 1. The van der Waals surface area contributed by atoms with Gasteiger partial charge in [0, 0.05) is 21.8 Å². The van der Waals surface area contributed by atoms with Crippen LogP contribution in [0.25, 0.3) is 0 Å². The van der Waals surface area contributed by atoms with Gasteiger partial charge in [-0.05, 0) is 39.8 Å². The second-order valence-electron chi connectivity index (χ2n) is 5.64. The molecule has 0 saturated carbocycles. The van der Waals surface area contributed by atoms with Gasteiger partial charge in [-0.1, -0.05) is 0 Å². The number of carboxylic acid groups (broad SMARTS) is 1. The second-order valence-corrected chi connectivity index (χ2v) is 7.01. The molecule has 0 radical (unpaired) electrons. The predicted molar refractivity (Wildman–Crippen MR) is 80.0 cm³/mol. The molecule has 5 nitrogen and oxygen atoms in total. The van der Waals surface area contributed by atoms with E-state index in [4.69, 9.17) is 5.11 Å². The Balaban J connectivity index is 2.61. The molecule has 0 bridgehead atoms. The Kier molecular flexibility index (Phi) is 5.56. The maximum atomic E-state index is 12.2. The summed E-state index contributed by atoms with van der Waals surface area (Å²) in [6, 6.07) is 3.77. The van der Waals surface area contributed by atoms with Crippen LogP contribution in [-0.2, 0) is 11.3 Å². The summed E-state index contributed by atoms with van der Waals surface area (Å²) in [6.45, 7) is 8.37. The summed E-state index contributed by atoms with van der Waals surface area (Å²) in [5.74, 6) is -0.902. The van der Waals surface area contributed by atoms with Crippen LogP contribution in [0.4, 0.5) is 4.79 Å². The van der Waals surface area contributed by atoms with Crippen LogP contribution in [0.2, 0.25) is 0 Å². The Labute approximate surface area is 123 Å². The van der Waals surface area contributed by atoms with Gasteiger partial charge in [-0.25, -0.2) is 4.79 Å². The molecule has 20 heavy (non-hydrogen) atoms. The van der Waals surface area contributed by atoms with E-state index in [1.807, 2.05) is 39.8 Å². The number of nitrogens with zero attached hydrogens (tertiary/aromatic N) is 1. The number of hydrogen-bond donors (Lipinski definition) is 2. The molecule has 6 heteroatoms. The number of aliphatic carboxylic acids is 1. The molecule has 0 aliphatic heterocycles. The van der Waals surface area contributed by atoms with Gasteiger partial charge in [0.05, 0.1) is 13.0 Å². The standard InChI is InChI=1S/C14H22N2O3S/c1-10-5-6-11(20-10)9-15-13(19)16(14(2,3)4)8-7-12(17)18/h5-6H,7-9H2,1-4H3,(H,15,19)(H,17,18). The van der Waals surface area contributed by atoms with Crippen LogP contribution in [0.15, 0.2) is 12.1 Å². The molecule has 1 aromatic rings. The molecule has 0 aromatic carbocycles. The first-order chi connectivity index (χ1) is 9.20. The van der Waals surface area contributed by atoms with E-state index in [1.54, 1.807) is 16.2 Å². The highest BCUT2D eigenvalue weighted by Crippen LogP contribution is 2.16. The largest absolute Gasteiger partial charge is 0.481 e. The molecular formula is C14H22N2O3S. The zero-order valence-electron chi connectivity index (χ0n) is 12.4. The molecule has 2 N–H and O–H groups in total. The SMILES string of the molecule is Cc1ccc(CNC(=O)N(CCC(=O)O)C(C)(C)C)s1. The molecule has 1 aromatic heterocycles. The van der Waals surface area contributed by atoms with E-state index in [0.29, 0.717) is 6.54 Å². The highest BCUT2D eigenvalue weighted by Gasteiger charge is 2.26. The van der Waals surface area contributed by atoms with Crippen molar-refractivity contribution >= 4 is 23.3 Å². The summed E-state index contributed by atoms with van der Waals surface area (Å²) < 4.78 is 0. The first-order valence-electron chi connectivity index (χ1n) is 6.52. The maximum Gasteiger partial charge on any atom is 0.318 e. The minimum atomic E-state index is -0.902. The highest BCUT2D eigenvalue weighted by atomic mass is 32.1. The fraction of sp³-hybridized carbons (Fsp3) is 0.571. The Morgan fingerprint density at radius 1 is 1.35 bits per heavy atom. The minimum Gasteiger partial charge on any atom is -0.481 e. The van der Waals surface area contributed by atoms with E-state index >= 15 is 0 Å². The van der Waals surface area contributed by atoms with Crippen LogP contribution >= 0.6 is 11.3 Å². The predicted octanol–water partition coefficient (Wildman–Crippen LogP) is 2.84. The summed E-state index contributed by atoms with van der Waals surface area (Å²) in [6.07, 6.45) is -0.0528. The van der Waals surface area contributed by atoms with Crippen molar-refractivity contribution in [1.29, 1.82) is 0 Å². The number of urea groups is 1. The highest BCUT2D eigenvalue weighted by molar-refractivity contribution is 7.11. The van der Waals surface area contributed by atoms with E-state index in [0.717, 1.165) is 4.88 Å². The van der Waals surface area contributed by atoms with Crippen LogP contribution in [0.5, 0.6) is 0 Å². The normalized spacial score (nSPS) is 11.2. The minimum absolute atomic E-state index is 0.0528. The Bertz CT molecular complexity index is 477. The van der Waals surface area contributed by atoms with Crippen molar-refractivity contribution in [3.63, 3.8) is 0 Å². The van der Waals surface area contributed by atoms with Crippen molar-refractivity contribution in [2.75, 3.05) is 6.54 Å². The number of hydrogen-bond acceptors (Lipinski definition) is 3. The van der Waals surface area contributed by atoms with Gasteiger partial charge in [0.1, 0.15) is 0 Å². The average molecular weight is 298 g/mol. The van der Waals surface area contributed by atoms with E-state index < -0.39 is 11.5 Å². The zero-order chi connectivity index (χ0) is 15.3. The second kappa shape index (κ2) is 6.74. The third-order valence-electron chi connectivity index (χ3n) is 2.81. The van der Waals surface area contributed by atoms with E-state index in [-0.39, 0.29) is 19.0 Å². The molecular weight excluding hydrogens is 276 g/mol. The van der Waals surface area contributed by atoms with Crippen molar-refractivity contribution in [3.8, 4) is 0 Å². The van der Waals surface area contributed by atoms with E-state index in [9.17, 15) is 9.59 Å². The molecule has 0 fully saturated rings. The fourth-order valence-corrected chi connectivity index (χ4v) is 2.62. The molecule has 0 spiro atoms. The molecule has 112 valence electrons. The lowest BCUT2D eigenvalue weighted by atomic mass is 10.1. The quantitative estimate of drug-likeness (QED) is 0.878. The van der Waals surface area contributed by atoms with Gasteiger partial charge in [0.25, 0.3) is 0 Å². The third kappa shape index (κ3) is 5.21. The molecule has 0 unspecified atom stereocenters. The Morgan fingerprint density at radius 3 is 2.45 bits per heavy atom. The third-order valence-corrected chi connectivity index (χ3v) is 3.81.